The van der Waals surface area contributed by atoms with Crippen molar-refractivity contribution in [1.82, 2.24) is 10.6 Å². The summed E-state index contributed by atoms with van der Waals surface area (Å²) in [6.07, 6.45) is 2.34. The molecule has 0 saturated heterocycles. The first-order valence-corrected chi connectivity index (χ1v) is 9.49. The number of guanidine groups is 1. The lowest BCUT2D eigenvalue weighted by Gasteiger charge is -2.19. The van der Waals surface area contributed by atoms with Crippen molar-refractivity contribution in [2.45, 2.75) is 39.7 Å². The number of halogens is 2. The van der Waals surface area contributed by atoms with Crippen LogP contribution in [0.5, 0.6) is 5.75 Å². The molecule has 0 spiro atoms. The first kappa shape index (κ1) is 24.5. The maximum Gasteiger partial charge on any atom is 0.310 e. The molecule has 2 rings (SSSR count). The number of hydrogen-bond acceptors (Lipinski definition) is 4. The molecule has 1 saturated carbocycles. The van der Waals surface area contributed by atoms with E-state index in [1.807, 2.05) is 19.9 Å². The fraction of sp³-hybridized carbons (Fsp3) is 0.600. The smallest absolute Gasteiger partial charge is 0.310 e. The van der Waals surface area contributed by atoms with Crippen LogP contribution in [0.4, 0.5) is 4.39 Å². The Morgan fingerprint density at radius 3 is 2.64 bits per heavy atom. The first-order valence-electron chi connectivity index (χ1n) is 9.49. The molecule has 2 unspecified atom stereocenters. The Morgan fingerprint density at radius 2 is 2.07 bits per heavy atom. The predicted molar refractivity (Wildman–Crippen MR) is 119 cm³/mol. The van der Waals surface area contributed by atoms with Gasteiger partial charge in [-0.05, 0) is 50.3 Å². The minimum atomic E-state index is -0.358. The van der Waals surface area contributed by atoms with Gasteiger partial charge in [-0.3, -0.25) is 9.79 Å². The van der Waals surface area contributed by atoms with E-state index in [1.165, 1.54) is 26.0 Å². The minimum absolute atomic E-state index is 0. The molecule has 2 atom stereocenters. The molecule has 1 aliphatic carbocycles. The topological polar surface area (TPSA) is 72.0 Å². The van der Waals surface area contributed by atoms with Crippen molar-refractivity contribution in [2.75, 3.05) is 26.8 Å². The van der Waals surface area contributed by atoms with Gasteiger partial charge in [0, 0.05) is 6.54 Å². The van der Waals surface area contributed by atoms with E-state index in [0.717, 1.165) is 5.56 Å². The maximum atomic E-state index is 14.3. The van der Waals surface area contributed by atoms with Gasteiger partial charge >= 0.3 is 5.97 Å². The lowest BCUT2D eigenvalue weighted by molar-refractivity contribution is -0.144. The van der Waals surface area contributed by atoms with Gasteiger partial charge < -0.3 is 20.1 Å². The van der Waals surface area contributed by atoms with Crippen molar-refractivity contribution in [3.05, 3.63) is 29.6 Å². The summed E-state index contributed by atoms with van der Waals surface area (Å²) in [6.45, 7) is 7.20. The Balaban J connectivity index is 0.00000392. The molecule has 1 aromatic carbocycles. The van der Waals surface area contributed by atoms with E-state index in [0.29, 0.717) is 37.3 Å². The summed E-state index contributed by atoms with van der Waals surface area (Å²) in [5.41, 5.74) is 0.790. The fourth-order valence-corrected chi connectivity index (χ4v) is 2.51. The highest BCUT2D eigenvalue weighted by Crippen LogP contribution is 2.30. The molecule has 28 heavy (non-hydrogen) atoms. The molecule has 0 heterocycles. The summed E-state index contributed by atoms with van der Waals surface area (Å²) in [4.78, 5) is 15.9. The zero-order chi connectivity index (χ0) is 19.8. The number of hydrogen-bond donors (Lipinski definition) is 2. The molecular weight excluding hydrogens is 476 g/mol. The van der Waals surface area contributed by atoms with Gasteiger partial charge in [0.25, 0.3) is 0 Å². The molecule has 1 fully saturated rings. The van der Waals surface area contributed by atoms with Crippen LogP contribution in [0.25, 0.3) is 0 Å². The van der Waals surface area contributed by atoms with E-state index >= 15 is 0 Å². The zero-order valence-corrected chi connectivity index (χ0v) is 19.3. The third-order valence-corrected chi connectivity index (χ3v) is 4.45. The largest absolute Gasteiger partial charge is 0.490 e. The van der Waals surface area contributed by atoms with Crippen LogP contribution in [-0.4, -0.2) is 38.7 Å². The van der Waals surface area contributed by atoms with Gasteiger partial charge in [0.15, 0.2) is 17.5 Å². The molecule has 8 heteroatoms. The van der Waals surface area contributed by atoms with Crippen LogP contribution < -0.4 is 15.4 Å². The molecular formula is C20H31FIN3O3. The van der Waals surface area contributed by atoms with E-state index in [1.54, 1.807) is 13.0 Å². The average Bonchev–Trinajstić information content (AvgIpc) is 3.48. The highest BCUT2D eigenvalue weighted by molar-refractivity contribution is 14.0. The van der Waals surface area contributed by atoms with Gasteiger partial charge in [-0.2, -0.15) is 0 Å². The number of methoxy groups -OCH3 is 1. The van der Waals surface area contributed by atoms with Crippen molar-refractivity contribution >= 4 is 35.9 Å². The third-order valence-electron chi connectivity index (χ3n) is 4.45. The zero-order valence-electron chi connectivity index (χ0n) is 17.0. The van der Waals surface area contributed by atoms with Crippen molar-refractivity contribution < 1.29 is 18.7 Å². The van der Waals surface area contributed by atoms with Crippen molar-refractivity contribution in [3.8, 4) is 5.75 Å². The highest BCUT2D eigenvalue weighted by Gasteiger charge is 2.22. The Hall–Kier alpha value is -1.58. The van der Waals surface area contributed by atoms with Crippen LogP contribution in [-0.2, 0) is 9.53 Å². The molecule has 0 aromatic heterocycles. The van der Waals surface area contributed by atoms with Gasteiger partial charge in [0.05, 0.1) is 32.2 Å². The average molecular weight is 507 g/mol. The van der Waals surface area contributed by atoms with Gasteiger partial charge in [0.2, 0.25) is 0 Å². The lowest BCUT2D eigenvalue weighted by atomic mass is 10.1. The standard InChI is InChI=1S/C20H30FN3O3.HI/c1-5-22-20(23-11-13(2)19(25)26-4)24-14(3)16-8-9-18(17(21)10-16)27-12-15-6-7-15;/h8-10,13-15H,5-7,11-12H2,1-4H3,(H2,22,23,24);1H. The molecule has 1 aliphatic rings. The van der Waals surface area contributed by atoms with E-state index < -0.39 is 0 Å². The maximum absolute atomic E-state index is 14.3. The summed E-state index contributed by atoms with van der Waals surface area (Å²) in [5.74, 6) is 0.451. The summed E-state index contributed by atoms with van der Waals surface area (Å²) in [7, 11) is 1.36. The van der Waals surface area contributed by atoms with Gasteiger partial charge in [-0.1, -0.05) is 13.0 Å². The molecule has 158 valence electrons. The molecule has 0 bridgehead atoms. The van der Waals surface area contributed by atoms with Crippen LogP contribution in [0.1, 0.15) is 45.2 Å². The Labute approximate surface area is 183 Å². The van der Waals surface area contributed by atoms with E-state index in [-0.39, 0.29) is 47.7 Å². The molecule has 2 N–H and O–H groups in total. The Kier molecular flexibility index (Phi) is 10.6. The fourth-order valence-electron chi connectivity index (χ4n) is 2.51. The molecule has 1 aromatic rings. The third kappa shape index (κ3) is 7.81. The van der Waals surface area contributed by atoms with Gasteiger partial charge in [-0.25, -0.2) is 4.39 Å². The van der Waals surface area contributed by atoms with Crippen molar-refractivity contribution in [2.24, 2.45) is 16.8 Å². The van der Waals surface area contributed by atoms with Crippen LogP contribution in [0.15, 0.2) is 23.2 Å². The highest BCUT2D eigenvalue weighted by atomic mass is 127. The Morgan fingerprint density at radius 1 is 1.36 bits per heavy atom. The summed E-state index contributed by atoms with van der Waals surface area (Å²) in [6, 6.07) is 4.85. The molecule has 6 nitrogen and oxygen atoms in total. The number of aliphatic imine (C=N–C) groups is 1. The molecule has 0 amide bonds. The van der Waals surface area contributed by atoms with Crippen molar-refractivity contribution in [3.63, 3.8) is 0 Å². The number of rotatable bonds is 9. The minimum Gasteiger partial charge on any atom is -0.490 e. The second kappa shape index (κ2) is 12.1. The number of ether oxygens (including phenoxy) is 2. The monoisotopic (exact) mass is 507 g/mol. The van der Waals surface area contributed by atoms with Crippen LogP contribution in [0.3, 0.4) is 0 Å². The number of carbonyl (C=O) groups excluding carboxylic acids is 1. The van der Waals surface area contributed by atoms with Gasteiger partial charge in [0.1, 0.15) is 0 Å². The van der Waals surface area contributed by atoms with Gasteiger partial charge in [-0.15, -0.1) is 24.0 Å². The van der Waals surface area contributed by atoms with Crippen LogP contribution >= 0.6 is 24.0 Å². The quantitative estimate of drug-likeness (QED) is 0.231. The van der Waals surface area contributed by atoms with Crippen molar-refractivity contribution in [1.29, 1.82) is 0 Å². The number of nitrogens with zero attached hydrogens (tertiary/aromatic N) is 1. The van der Waals surface area contributed by atoms with E-state index in [9.17, 15) is 9.18 Å². The first-order chi connectivity index (χ1) is 12.9. The molecule has 0 radical (unpaired) electrons. The number of benzene rings is 1. The van der Waals surface area contributed by atoms with Crippen LogP contribution in [0, 0.1) is 17.7 Å². The summed E-state index contributed by atoms with van der Waals surface area (Å²) < 4.78 is 24.6. The lowest BCUT2D eigenvalue weighted by Crippen LogP contribution is -2.39. The summed E-state index contributed by atoms with van der Waals surface area (Å²) >= 11 is 0. The Bertz CT molecular complexity index is 668. The molecule has 0 aliphatic heterocycles. The number of carbonyl (C=O) groups is 1. The summed E-state index contributed by atoms with van der Waals surface area (Å²) in [5, 5.41) is 6.36. The number of nitrogens with one attached hydrogen (secondary N) is 2. The van der Waals surface area contributed by atoms with Crippen LogP contribution in [0.2, 0.25) is 0 Å². The SMILES string of the molecule is CCNC(=NCC(C)C(=O)OC)NC(C)c1ccc(OCC2CC2)c(F)c1.I. The van der Waals surface area contributed by atoms with E-state index in [4.69, 9.17) is 9.47 Å². The second-order valence-corrected chi connectivity index (χ2v) is 6.95. The second-order valence-electron chi connectivity index (χ2n) is 6.95. The number of esters is 1. The van der Waals surface area contributed by atoms with E-state index in [2.05, 4.69) is 15.6 Å². The predicted octanol–water partition coefficient (Wildman–Crippen LogP) is 3.66. The normalized spacial score (nSPS) is 15.8.